The molecule has 0 aliphatic carbocycles. The number of nitrogens with zero attached hydrogens (tertiary/aromatic N) is 1. The minimum Gasteiger partial charge on any atom is -0.398 e. The van der Waals surface area contributed by atoms with E-state index in [0.29, 0.717) is 17.8 Å². The maximum Gasteiger partial charge on any atom is 0.255 e. The van der Waals surface area contributed by atoms with Crippen LogP contribution >= 0.6 is 0 Å². The van der Waals surface area contributed by atoms with Gasteiger partial charge in [0.1, 0.15) is 0 Å². The van der Waals surface area contributed by atoms with Gasteiger partial charge in [-0.05, 0) is 36.2 Å². The zero-order chi connectivity index (χ0) is 14.5. The summed E-state index contributed by atoms with van der Waals surface area (Å²) in [4.78, 5) is 14.5. The number of hydrogen-bond acceptors (Lipinski definition) is 2. The quantitative estimate of drug-likeness (QED) is 0.842. The van der Waals surface area contributed by atoms with Crippen LogP contribution in [-0.4, -0.2) is 23.9 Å². The molecule has 2 rings (SSSR count). The zero-order valence-corrected chi connectivity index (χ0v) is 12.2. The third-order valence-corrected chi connectivity index (χ3v) is 3.60. The van der Waals surface area contributed by atoms with Gasteiger partial charge in [-0.2, -0.15) is 0 Å². The van der Waals surface area contributed by atoms with Crippen LogP contribution in [0.4, 0.5) is 5.69 Å². The molecule has 0 heterocycles. The Hall–Kier alpha value is -2.03. The molecular formula is C17H22N2O. The number of hydrogen-bond donors (Lipinski definition) is 1. The van der Waals surface area contributed by atoms with Gasteiger partial charge in [-0.25, -0.2) is 0 Å². The van der Waals surface area contributed by atoms with Crippen LogP contribution in [0.15, 0.2) is 36.4 Å². The first-order valence-electron chi connectivity index (χ1n) is 7.25. The molecule has 0 saturated heterocycles. The Morgan fingerprint density at radius 1 is 1.15 bits per heavy atom. The molecule has 0 radical (unpaired) electrons. The SMILES string of the molecule is CCCCN(CC)C(=O)c1cc2ccccc2cc1N. The van der Waals surface area contributed by atoms with Crippen molar-refractivity contribution in [2.24, 2.45) is 0 Å². The van der Waals surface area contributed by atoms with Crippen LogP contribution in [0.2, 0.25) is 0 Å². The first-order chi connectivity index (χ1) is 9.67. The fourth-order valence-corrected chi connectivity index (χ4v) is 2.37. The number of rotatable bonds is 5. The number of anilines is 1. The van der Waals surface area contributed by atoms with E-state index in [1.54, 1.807) is 0 Å². The van der Waals surface area contributed by atoms with Gasteiger partial charge in [0, 0.05) is 18.8 Å². The van der Waals surface area contributed by atoms with Crippen molar-refractivity contribution in [1.82, 2.24) is 4.90 Å². The Kier molecular flexibility index (Phi) is 4.61. The first-order valence-corrected chi connectivity index (χ1v) is 7.25. The molecule has 2 N–H and O–H groups in total. The molecule has 0 aromatic heterocycles. The van der Waals surface area contributed by atoms with Gasteiger partial charge in [0.15, 0.2) is 0 Å². The highest BCUT2D eigenvalue weighted by molar-refractivity contribution is 6.03. The van der Waals surface area contributed by atoms with E-state index in [1.165, 1.54) is 0 Å². The average Bonchev–Trinajstić information content (AvgIpc) is 2.47. The lowest BCUT2D eigenvalue weighted by molar-refractivity contribution is 0.0763. The van der Waals surface area contributed by atoms with E-state index in [2.05, 4.69) is 6.92 Å². The van der Waals surface area contributed by atoms with Crippen molar-refractivity contribution >= 4 is 22.4 Å². The molecule has 0 fully saturated rings. The fourth-order valence-electron chi connectivity index (χ4n) is 2.37. The number of carbonyl (C=O) groups excluding carboxylic acids is 1. The molecule has 20 heavy (non-hydrogen) atoms. The molecule has 0 saturated carbocycles. The van der Waals surface area contributed by atoms with Gasteiger partial charge < -0.3 is 10.6 Å². The Labute approximate surface area is 120 Å². The summed E-state index contributed by atoms with van der Waals surface area (Å²) in [6, 6.07) is 11.8. The Bertz CT molecular complexity index is 607. The van der Waals surface area contributed by atoms with E-state index in [1.807, 2.05) is 48.2 Å². The summed E-state index contributed by atoms with van der Waals surface area (Å²) in [7, 11) is 0. The van der Waals surface area contributed by atoms with Gasteiger partial charge >= 0.3 is 0 Å². The number of fused-ring (bicyclic) bond motifs is 1. The Morgan fingerprint density at radius 2 is 1.80 bits per heavy atom. The van der Waals surface area contributed by atoms with E-state index >= 15 is 0 Å². The molecule has 0 spiro atoms. The predicted molar refractivity (Wildman–Crippen MR) is 84.8 cm³/mol. The van der Waals surface area contributed by atoms with Crippen molar-refractivity contribution in [3.63, 3.8) is 0 Å². The monoisotopic (exact) mass is 270 g/mol. The molecule has 0 bridgehead atoms. The van der Waals surface area contributed by atoms with Crippen LogP contribution in [0.1, 0.15) is 37.0 Å². The van der Waals surface area contributed by atoms with Crippen LogP contribution in [0.25, 0.3) is 10.8 Å². The summed E-state index contributed by atoms with van der Waals surface area (Å²) in [6.45, 7) is 5.64. The average molecular weight is 270 g/mol. The Balaban J connectivity index is 2.35. The van der Waals surface area contributed by atoms with Crippen molar-refractivity contribution in [2.75, 3.05) is 18.8 Å². The van der Waals surface area contributed by atoms with E-state index < -0.39 is 0 Å². The minimum absolute atomic E-state index is 0.0317. The number of amides is 1. The van der Waals surface area contributed by atoms with Crippen molar-refractivity contribution in [1.29, 1.82) is 0 Å². The topological polar surface area (TPSA) is 46.3 Å². The molecule has 106 valence electrons. The summed E-state index contributed by atoms with van der Waals surface area (Å²) in [5.74, 6) is 0.0317. The maximum absolute atomic E-state index is 12.6. The lowest BCUT2D eigenvalue weighted by Crippen LogP contribution is -2.32. The van der Waals surface area contributed by atoms with Crippen LogP contribution in [0, 0.1) is 0 Å². The Morgan fingerprint density at radius 3 is 2.40 bits per heavy atom. The number of carbonyl (C=O) groups is 1. The fraction of sp³-hybridized carbons (Fsp3) is 0.353. The first kappa shape index (κ1) is 14.4. The molecule has 0 aliphatic rings. The third-order valence-electron chi connectivity index (χ3n) is 3.60. The van der Waals surface area contributed by atoms with E-state index in [-0.39, 0.29) is 5.91 Å². The van der Waals surface area contributed by atoms with Crippen LogP contribution < -0.4 is 5.73 Å². The van der Waals surface area contributed by atoms with E-state index in [4.69, 9.17) is 5.73 Å². The molecular weight excluding hydrogens is 248 g/mol. The highest BCUT2D eigenvalue weighted by Gasteiger charge is 2.16. The maximum atomic E-state index is 12.6. The van der Waals surface area contributed by atoms with Crippen LogP contribution in [-0.2, 0) is 0 Å². The highest BCUT2D eigenvalue weighted by Crippen LogP contribution is 2.23. The summed E-state index contributed by atoms with van der Waals surface area (Å²) >= 11 is 0. The molecule has 3 heteroatoms. The second-order valence-corrected chi connectivity index (χ2v) is 5.02. The lowest BCUT2D eigenvalue weighted by atomic mass is 10.0. The summed E-state index contributed by atoms with van der Waals surface area (Å²) in [6.07, 6.45) is 2.10. The van der Waals surface area contributed by atoms with Gasteiger partial charge in [-0.1, -0.05) is 37.6 Å². The molecule has 0 aliphatic heterocycles. The number of benzene rings is 2. The standard InChI is InChI=1S/C17H22N2O/c1-3-5-10-19(4-2)17(20)15-11-13-8-6-7-9-14(13)12-16(15)18/h6-9,11-12H,3-5,10,18H2,1-2H3. The van der Waals surface area contributed by atoms with Crippen molar-refractivity contribution in [2.45, 2.75) is 26.7 Å². The van der Waals surface area contributed by atoms with Crippen LogP contribution in [0.3, 0.4) is 0 Å². The third kappa shape index (κ3) is 2.93. The summed E-state index contributed by atoms with van der Waals surface area (Å²) in [5.41, 5.74) is 7.23. The second kappa shape index (κ2) is 6.42. The largest absolute Gasteiger partial charge is 0.398 e. The smallest absolute Gasteiger partial charge is 0.255 e. The minimum atomic E-state index is 0.0317. The van der Waals surface area contributed by atoms with Gasteiger partial charge in [-0.15, -0.1) is 0 Å². The van der Waals surface area contributed by atoms with Gasteiger partial charge in [-0.3, -0.25) is 4.79 Å². The van der Waals surface area contributed by atoms with Gasteiger partial charge in [0.25, 0.3) is 5.91 Å². The summed E-state index contributed by atoms with van der Waals surface area (Å²) < 4.78 is 0. The molecule has 2 aromatic carbocycles. The normalized spacial score (nSPS) is 10.7. The molecule has 3 nitrogen and oxygen atoms in total. The predicted octanol–water partition coefficient (Wildman–Crippen LogP) is 3.68. The lowest BCUT2D eigenvalue weighted by Gasteiger charge is -2.21. The van der Waals surface area contributed by atoms with Gasteiger partial charge in [0.05, 0.1) is 5.56 Å². The van der Waals surface area contributed by atoms with Crippen molar-refractivity contribution in [3.8, 4) is 0 Å². The van der Waals surface area contributed by atoms with Crippen molar-refractivity contribution in [3.05, 3.63) is 42.0 Å². The van der Waals surface area contributed by atoms with E-state index in [9.17, 15) is 4.79 Å². The summed E-state index contributed by atoms with van der Waals surface area (Å²) in [5, 5.41) is 2.12. The number of nitrogen functional groups attached to an aromatic ring is 1. The number of nitrogens with two attached hydrogens (primary N) is 1. The molecule has 1 amide bonds. The molecule has 0 atom stereocenters. The zero-order valence-electron chi connectivity index (χ0n) is 12.2. The molecule has 0 unspecified atom stereocenters. The second-order valence-electron chi connectivity index (χ2n) is 5.02. The highest BCUT2D eigenvalue weighted by atomic mass is 16.2. The van der Waals surface area contributed by atoms with Crippen molar-refractivity contribution < 1.29 is 4.79 Å². The van der Waals surface area contributed by atoms with Gasteiger partial charge in [0.2, 0.25) is 0 Å². The molecule has 2 aromatic rings. The van der Waals surface area contributed by atoms with Crippen LogP contribution in [0.5, 0.6) is 0 Å². The van der Waals surface area contributed by atoms with E-state index in [0.717, 1.165) is 30.2 Å². The number of unbranched alkanes of at least 4 members (excludes halogenated alkanes) is 1.